The van der Waals surface area contributed by atoms with Crippen LogP contribution in [-0.2, 0) is 9.59 Å². The van der Waals surface area contributed by atoms with Gasteiger partial charge in [0, 0.05) is 5.69 Å². The number of phenolic OH excluding ortho intramolecular Hbond substituents is 1. The first-order chi connectivity index (χ1) is 12.0. The predicted molar refractivity (Wildman–Crippen MR) is 92.0 cm³/mol. The molecule has 0 spiro atoms. The molecule has 130 valence electrons. The van der Waals surface area contributed by atoms with E-state index in [1.807, 2.05) is 0 Å². The van der Waals surface area contributed by atoms with Crippen molar-refractivity contribution in [3.05, 3.63) is 48.0 Å². The van der Waals surface area contributed by atoms with Gasteiger partial charge in [-0.25, -0.2) is 5.43 Å². The third-order valence-electron chi connectivity index (χ3n) is 3.14. The Bertz CT molecular complexity index is 787. The van der Waals surface area contributed by atoms with Crippen molar-refractivity contribution < 1.29 is 24.2 Å². The normalized spacial score (nSPS) is 10.3. The SMILES string of the molecule is COc1ccc(NC(=O)C(=O)N/N=C\c2ccc(O)c(OC)c2)cc1. The van der Waals surface area contributed by atoms with Gasteiger partial charge in [0.1, 0.15) is 5.75 Å². The molecule has 0 bridgehead atoms. The number of hydrogen-bond donors (Lipinski definition) is 3. The van der Waals surface area contributed by atoms with Gasteiger partial charge in [0.25, 0.3) is 0 Å². The second-order valence-corrected chi connectivity index (χ2v) is 4.81. The molecular formula is C17H17N3O5. The van der Waals surface area contributed by atoms with Crippen molar-refractivity contribution >= 4 is 23.7 Å². The molecule has 0 unspecified atom stereocenters. The summed E-state index contributed by atoms with van der Waals surface area (Å²) >= 11 is 0. The Morgan fingerprint density at radius 2 is 1.76 bits per heavy atom. The Labute approximate surface area is 144 Å². The number of nitrogens with one attached hydrogen (secondary N) is 2. The topological polar surface area (TPSA) is 109 Å². The van der Waals surface area contributed by atoms with Crippen LogP contribution in [0.25, 0.3) is 0 Å². The summed E-state index contributed by atoms with van der Waals surface area (Å²) in [5, 5.41) is 15.6. The summed E-state index contributed by atoms with van der Waals surface area (Å²) in [5.41, 5.74) is 3.14. The van der Waals surface area contributed by atoms with Crippen LogP contribution < -0.4 is 20.2 Å². The molecule has 0 atom stereocenters. The molecule has 0 aliphatic heterocycles. The number of methoxy groups -OCH3 is 2. The molecule has 8 heteroatoms. The zero-order valence-corrected chi connectivity index (χ0v) is 13.6. The summed E-state index contributed by atoms with van der Waals surface area (Å²) in [6.07, 6.45) is 1.32. The Morgan fingerprint density at radius 3 is 2.40 bits per heavy atom. The molecule has 0 aliphatic carbocycles. The summed E-state index contributed by atoms with van der Waals surface area (Å²) < 4.78 is 9.97. The minimum absolute atomic E-state index is 0.0115. The van der Waals surface area contributed by atoms with E-state index >= 15 is 0 Å². The monoisotopic (exact) mass is 343 g/mol. The van der Waals surface area contributed by atoms with Crippen molar-refractivity contribution in [2.24, 2.45) is 5.10 Å². The lowest BCUT2D eigenvalue weighted by Gasteiger charge is -2.05. The Balaban J connectivity index is 1.91. The number of benzene rings is 2. The molecule has 3 N–H and O–H groups in total. The van der Waals surface area contributed by atoms with Gasteiger partial charge >= 0.3 is 11.8 Å². The number of anilines is 1. The first-order valence-electron chi connectivity index (χ1n) is 7.19. The third-order valence-corrected chi connectivity index (χ3v) is 3.14. The number of rotatable bonds is 5. The number of nitrogens with zero attached hydrogens (tertiary/aromatic N) is 1. The molecule has 0 saturated heterocycles. The van der Waals surface area contributed by atoms with Gasteiger partial charge in [-0.2, -0.15) is 5.10 Å². The highest BCUT2D eigenvalue weighted by Gasteiger charge is 2.12. The van der Waals surface area contributed by atoms with Crippen molar-refractivity contribution in [1.82, 2.24) is 5.43 Å². The molecule has 8 nitrogen and oxygen atoms in total. The standard InChI is InChI=1S/C17H17N3O5/c1-24-13-6-4-12(5-7-13)19-16(22)17(23)20-18-10-11-3-8-14(21)15(9-11)25-2/h3-10,21H,1-2H3,(H,19,22)(H,20,23)/b18-10-. The van der Waals surface area contributed by atoms with Crippen molar-refractivity contribution in [2.75, 3.05) is 19.5 Å². The van der Waals surface area contributed by atoms with E-state index in [-0.39, 0.29) is 11.5 Å². The van der Waals surface area contributed by atoms with E-state index in [9.17, 15) is 14.7 Å². The van der Waals surface area contributed by atoms with E-state index < -0.39 is 11.8 Å². The fraction of sp³-hybridized carbons (Fsp3) is 0.118. The molecule has 2 rings (SSSR count). The minimum atomic E-state index is -0.919. The third kappa shape index (κ3) is 4.96. The zero-order valence-electron chi connectivity index (χ0n) is 13.6. The number of ether oxygens (including phenoxy) is 2. The summed E-state index contributed by atoms with van der Waals surface area (Å²) in [6.45, 7) is 0. The van der Waals surface area contributed by atoms with Gasteiger partial charge in [0.05, 0.1) is 20.4 Å². The maximum Gasteiger partial charge on any atom is 0.329 e. The Kier molecular flexibility index (Phi) is 5.94. The van der Waals surface area contributed by atoms with Crippen LogP contribution in [0.5, 0.6) is 17.2 Å². The van der Waals surface area contributed by atoms with Crippen LogP contribution in [-0.4, -0.2) is 37.4 Å². The maximum atomic E-state index is 11.8. The smallest absolute Gasteiger partial charge is 0.329 e. The molecule has 25 heavy (non-hydrogen) atoms. The first-order valence-corrected chi connectivity index (χ1v) is 7.19. The highest BCUT2D eigenvalue weighted by Crippen LogP contribution is 2.25. The predicted octanol–water partition coefficient (Wildman–Crippen LogP) is 1.50. The second kappa shape index (κ2) is 8.34. The van der Waals surface area contributed by atoms with Gasteiger partial charge in [-0.05, 0) is 48.0 Å². The van der Waals surface area contributed by atoms with Crippen LogP contribution in [0.4, 0.5) is 5.69 Å². The van der Waals surface area contributed by atoms with Crippen LogP contribution in [0.1, 0.15) is 5.56 Å². The Morgan fingerprint density at radius 1 is 1.04 bits per heavy atom. The quantitative estimate of drug-likeness (QED) is 0.433. The van der Waals surface area contributed by atoms with Crippen LogP contribution >= 0.6 is 0 Å². The van der Waals surface area contributed by atoms with Crippen LogP contribution in [0.2, 0.25) is 0 Å². The zero-order chi connectivity index (χ0) is 18.2. The highest BCUT2D eigenvalue weighted by atomic mass is 16.5. The van der Waals surface area contributed by atoms with Crippen molar-refractivity contribution in [1.29, 1.82) is 0 Å². The minimum Gasteiger partial charge on any atom is -0.504 e. The summed E-state index contributed by atoms with van der Waals surface area (Å²) in [4.78, 5) is 23.5. The van der Waals surface area contributed by atoms with Crippen LogP contribution in [0, 0.1) is 0 Å². The maximum absolute atomic E-state index is 11.8. The second-order valence-electron chi connectivity index (χ2n) is 4.81. The highest BCUT2D eigenvalue weighted by molar-refractivity contribution is 6.39. The molecule has 0 aromatic heterocycles. The molecule has 0 aliphatic rings. The van der Waals surface area contributed by atoms with Gasteiger partial charge in [-0.3, -0.25) is 9.59 Å². The molecule has 0 fully saturated rings. The van der Waals surface area contributed by atoms with Gasteiger partial charge in [0.15, 0.2) is 11.5 Å². The molecule has 2 aromatic carbocycles. The average molecular weight is 343 g/mol. The lowest BCUT2D eigenvalue weighted by atomic mass is 10.2. The molecule has 0 heterocycles. The number of carbonyl (C=O) groups excluding carboxylic acids is 2. The van der Waals surface area contributed by atoms with Crippen molar-refractivity contribution in [2.45, 2.75) is 0 Å². The average Bonchev–Trinajstić information content (AvgIpc) is 2.63. The van der Waals surface area contributed by atoms with Crippen molar-refractivity contribution in [3.8, 4) is 17.2 Å². The molecular weight excluding hydrogens is 326 g/mol. The summed E-state index contributed by atoms with van der Waals surface area (Å²) in [7, 11) is 2.95. The largest absolute Gasteiger partial charge is 0.504 e. The lowest BCUT2D eigenvalue weighted by Crippen LogP contribution is -2.32. The van der Waals surface area contributed by atoms with Crippen LogP contribution in [0.3, 0.4) is 0 Å². The van der Waals surface area contributed by atoms with Gasteiger partial charge in [-0.15, -0.1) is 0 Å². The van der Waals surface area contributed by atoms with Gasteiger partial charge < -0.3 is 19.9 Å². The lowest BCUT2D eigenvalue weighted by molar-refractivity contribution is -0.136. The van der Waals surface area contributed by atoms with E-state index in [0.717, 1.165) is 0 Å². The number of amides is 2. The van der Waals surface area contributed by atoms with E-state index in [0.29, 0.717) is 17.0 Å². The van der Waals surface area contributed by atoms with Crippen molar-refractivity contribution in [3.63, 3.8) is 0 Å². The number of hydrogen-bond acceptors (Lipinski definition) is 6. The number of aromatic hydroxyl groups is 1. The van der Waals surface area contributed by atoms with Gasteiger partial charge in [-0.1, -0.05) is 0 Å². The summed E-state index contributed by atoms with van der Waals surface area (Å²) in [6, 6.07) is 11.1. The number of hydrazone groups is 1. The fourth-order valence-corrected chi connectivity index (χ4v) is 1.85. The molecule has 0 radical (unpaired) electrons. The number of carbonyl (C=O) groups is 2. The van der Waals surface area contributed by atoms with E-state index in [2.05, 4.69) is 15.8 Å². The van der Waals surface area contributed by atoms with E-state index in [4.69, 9.17) is 9.47 Å². The fourth-order valence-electron chi connectivity index (χ4n) is 1.85. The Hall–Kier alpha value is -3.55. The van der Waals surface area contributed by atoms with Gasteiger partial charge in [0.2, 0.25) is 0 Å². The number of phenols is 1. The van der Waals surface area contributed by atoms with E-state index in [1.54, 1.807) is 30.3 Å². The summed E-state index contributed by atoms with van der Waals surface area (Å²) in [5.74, 6) is -0.880. The van der Waals surface area contributed by atoms with E-state index in [1.165, 1.54) is 32.6 Å². The molecule has 2 amide bonds. The molecule has 0 saturated carbocycles. The van der Waals surface area contributed by atoms with Crippen LogP contribution in [0.15, 0.2) is 47.6 Å². The first kappa shape index (κ1) is 17.8. The molecule has 2 aromatic rings.